The minimum Gasteiger partial charge on any atom is -0.385 e. The standard InChI is InChI=1S/C17H28ClNO/c1-3-10-19-14-16(7-4-5-11-20-2)12-15-8-6-9-17(18)13-15/h6,8-9,13,16,19H,3-5,7,10-12,14H2,1-2H3. The Morgan fingerprint density at radius 2 is 2.15 bits per heavy atom. The van der Waals surface area contributed by atoms with Crippen molar-refractivity contribution in [1.29, 1.82) is 0 Å². The van der Waals surface area contributed by atoms with E-state index in [4.69, 9.17) is 16.3 Å². The minimum absolute atomic E-state index is 0.678. The molecule has 0 aliphatic rings. The number of benzene rings is 1. The second-order valence-corrected chi connectivity index (χ2v) is 5.83. The molecule has 114 valence electrons. The Balaban J connectivity index is 2.43. The lowest BCUT2D eigenvalue weighted by atomic mass is 9.94. The average molecular weight is 298 g/mol. The Kier molecular flexibility index (Phi) is 9.73. The van der Waals surface area contributed by atoms with Crippen LogP contribution in [-0.2, 0) is 11.2 Å². The number of hydrogen-bond donors (Lipinski definition) is 1. The lowest BCUT2D eigenvalue weighted by Gasteiger charge is -2.18. The second-order valence-electron chi connectivity index (χ2n) is 5.39. The van der Waals surface area contributed by atoms with Crippen molar-refractivity contribution in [2.45, 2.75) is 39.0 Å². The van der Waals surface area contributed by atoms with E-state index in [9.17, 15) is 0 Å². The van der Waals surface area contributed by atoms with Gasteiger partial charge in [0, 0.05) is 18.7 Å². The summed E-state index contributed by atoms with van der Waals surface area (Å²) in [5.74, 6) is 0.678. The molecule has 3 heteroatoms. The third kappa shape index (κ3) is 7.88. The summed E-state index contributed by atoms with van der Waals surface area (Å²) in [5.41, 5.74) is 1.34. The predicted molar refractivity (Wildman–Crippen MR) is 87.5 cm³/mol. The van der Waals surface area contributed by atoms with Gasteiger partial charge in [-0.15, -0.1) is 0 Å². The molecule has 20 heavy (non-hydrogen) atoms. The van der Waals surface area contributed by atoms with Crippen molar-refractivity contribution in [2.75, 3.05) is 26.8 Å². The molecule has 0 saturated heterocycles. The summed E-state index contributed by atoms with van der Waals surface area (Å²) >= 11 is 6.07. The Morgan fingerprint density at radius 1 is 1.30 bits per heavy atom. The molecule has 0 aliphatic heterocycles. The van der Waals surface area contributed by atoms with Crippen LogP contribution in [0.15, 0.2) is 24.3 Å². The predicted octanol–water partition coefficient (Wildman–Crippen LogP) is 4.32. The third-order valence-corrected chi connectivity index (χ3v) is 3.72. The average Bonchev–Trinajstić information content (AvgIpc) is 2.43. The third-order valence-electron chi connectivity index (χ3n) is 3.48. The zero-order chi connectivity index (χ0) is 14.6. The van der Waals surface area contributed by atoms with Crippen molar-refractivity contribution >= 4 is 11.6 Å². The summed E-state index contributed by atoms with van der Waals surface area (Å²) < 4.78 is 5.12. The van der Waals surface area contributed by atoms with Crippen LogP contribution in [-0.4, -0.2) is 26.8 Å². The molecule has 0 fully saturated rings. The van der Waals surface area contributed by atoms with E-state index in [1.807, 2.05) is 12.1 Å². The van der Waals surface area contributed by atoms with Gasteiger partial charge in [-0.05, 0) is 62.4 Å². The molecule has 1 atom stereocenters. The van der Waals surface area contributed by atoms with Crippen molar-refractivity contribution in [3.63, 3.8) is 0 Å². The molecular formula is C17H28ClNO. The van der Waals surface area contributed by atoms with Crippen LogP contribution < -0.4 is 5.32 Å². The summed E-state index contributed by atoms with van der Waals surface area (Å²) in [7, 11) is 1.77. The highest BCUT2D eigenvalue weighted by molar-refractivity contribution is 6.30. The number of ether oxygens (including phenoxy) is 1. The SMILES string of the molecule is CCCNCC(CCCCOC)Cc1cccc(Cl)c1. The van der Waals surface area contributed by atoms with Gasteiger partial charge in [0.25, 0.3) is 0 Å². The molecule has 1 unspecified atom stereocenters. The number of hydrogen-bond acceptors (Lipinski definition) is 2. The van der Waals surface area contributed by atoms with Gasteiger partial charge in [-0.3, -0.25) is 0 Å². The maximum atomic E-state index is 6.07. The normalized spacial score (nSPS) is 12.6. The van der Waals surface area contributed by atoms with Gasteiger partial charge in [0.05, 0.1) is 0 Å². The van der Waals surface area contributed by atoms with Gasteiger partial charge in [-0.2, -0.15) is 0 Å². The van der Waals surface area contributed by atoms with Crippen LogP contribution in [0.1, 0.15) is 38.2 Å². The molecule has 0 saturated carbocycles. The second kappa shape index (κ2) is 11.1. The van der Waals surface area contributed by atoms with Crippen molar-refractivity contribution < 1.29 is 4.74 Å². The van der Waals surface area contributed by atoms with Gasteiger partial charge < -0.3 is 10.1 Å². The molecule has 0 aromatic heterocycles. The van der Waals surface area contributed by atoms with E-state index in [1.54, 1.807) is 7.11 Å². The van der Waals surface area contributed by atoms with Gasteiger partial charge in [0.15, 0.2) is 0 Å². The molecular weight excluding hydrogens is 270 g/mol. The topological polar surface area (TPSA) is 21.3 Å². The molecule has 0 spiro atoms. The van der Waals surface area contributed by atoms with E-state index in [-0.39, 0.29) is 0 Å². The number of nitrogens with one attached hydrogen (secondary N) is 1. The zero-order valence-electron chi connectivity index (χ0n) is 12.8. The summed E-state index contributed by atoms with van der Waals surface area (Å²) in [5, 5.41) is 4.38. The maximum absolute atomic E-state index is 6.07. The molecule has 1 aromatic rings. The molecule has 2 nitrogen and oxygen atoms in total. The van der Waals surface area contributed by atoms with Crippen LogP contribution in [0.5, 0.6) is 0 Å². The first-order chi connectivity index (χ1) is 9.76. The lowest BCUT2D eigenvalue weighted by molar-refractivity contribution is 0.190. The molecule has 1 rings (SSSR count). The monoisotopic (exact) mass is 297 g/mol. The van der Waals surface area contributed by atoms with Gasteiger partial charge in [0.1, 0.15) is 0 Å². The zero-order valence-corrected chi connectivity index (χ0v) is 13.6. The van der Waals surface area contributed by atoms with Crippen molar-refractivity contribution in [2.24, 2.45) is 5.92 Å². The highest BCUT2D eigenvalue weighted by atomic mass is 35.5. The number of rotatable bonds is 11. The van der Waals surface area contributed by atoms with Crippen molar-refractivity contribution in [1.82, 2.24) is 5.32 Å². The lowest BCUT2D eigenvalue weighted by Crippen LogP contribution is -2.25. The molecule has 0 bridgehead atoms. The molecule has 1 aromatic carbocycles. The van der Waals surface area contributed by atoms with Crippen molar-refractivity contribution in [3.05, 3.63) is 34.9 Å². The summed E-state index contributed by atoms with van der Waals surface area (Å²) in [6, 6.07) is 8.24. The number of methoxy groups -OCH3 is 1. The smallest absolute Gasteiger partial charge is 0.0462 e. The van der Waals surface area contributed by atoms with Crippen LogP contribution >= 0.6 is 11.6 Å². The summed E-state index contributed by atoms with van der Waals surface area (Å²) in [6.45, 7) is 5.27. The van der Waals surface area contributed by atoms with E-state index >= 15 is 0 Å². The fourth-order valence-electron chi connectivity index (χ4n) is 2.44. The van der Waals surface area contributed by atoms with E-state index in [2.05, 4.69) is 24.4 Å². The first-order valence-corrected chi connectivity index (χ1v) is 8.08. The number of halogens is 1. The van der Waals surface area contributed by atoms with Crippen LogP contribution in [0.25, 0.3) is 0 Å². The fraction of sp³-hybridized carbons (Fsp3) is 0.647. The summed E-state index contributed by atoms with van der Waals surface area (Å²) in [6.07, 6.45) is 5.91. The Labute approximate surface area is 128 Å². The van der Waals surface area contributed by atoms with Crippen LogP contribution in [0.3, 0.4) is 0 Å². The first-order valence-electron chi connectivity index (χ1n) is 7.70. The minimum atomic E-state index is 0.678. The highest BCUT2D eigenvalue weighted by Crippen LogP contribution is 2.18. The van der Waals surface area contributed by atoms with Gasteiger partial charge in [-0.1, -0.05) is 37.1 Å². The first kappa shape index (κ1) is 17.5. The molecule has 1 N–H and O–H groups in total. The Bertz CT molecular complexity index is 357. The van der Waals surface area contributed by atoms with Crippen LogP contribution in [0.4, 0.5) is 0 Å². The van der Waals surface area contributed by atoms with Gasteiger partial charge >= 0.3 is 0 Å². The fourth-order valence-corrected chi connectivity index (χ4v) is 2.65. The molecule has 0 radical (unpaired) electrons. The van der Waals surface area contributed by atoms with E-state index in [1.165, 1.54) is 24.8 Å². The quantitative estimate of drug-likeness (QED) is 0.614. The molecule has 0 heterocycles. The van der Waals surface area contributed by atoms with Crippen LogP contribution in [0, 0.1) is 5.92 Å². The van der Waals surface area contributed by atoms with Gasteiger partial charge in [-0.25, -0.2) is 0 Å². The van der Waals surface area contributed by atoms with Crippen LogP contribution in [0.2, 0.25) is 5.02 Å². The molecule has 0 aliphatic carbocycles. The van der Waals surface area contributed by atoms with E-state index in [0.29, 0.717) is 5.92 Å². The van der Waals surface area contributed by atoms with Crippen molar-refractivity contribution in [3.8, 4) is 0 Å². The maximum Gasteiger partial charge on any atom is 0.0462 e. The Morgan fingerprint density at radius 3 is 2.85 bits per heavy atom. The Hall–Kier alpha value is -0.570. The van der Waals surface area contributed by atoms with Gasteiger partial charge in [0.2, 0.25) is 0 Å². The molecule has 0 amide bonds. The van der Waals surface area contributed by atoms with E-state index < -0.39 is 0 Å². The summed E-state index contributed by atoms with van der Waals surface area (Å²) in [4.78, 5) is 0. The largest absolute Gasteiger partial charge is 0.385 e. The number of unbranched alkanes of at least 4 members (excludes halogenated alkanes) is 1. The highest BCUT2D eigenvalue weighted by Gasteiger charge is 2.09. The van der Waals surface area contributed by atoms with E-state index in [0.717, 1.165) is 37.6 Å².